The Balaban J connectivity index is 1.75. The van der Waals surface area contributed by atoms with E-state index in [1.54, 1.807) is 13.0 Å². The second-order valence-corrected chi connectivity index (χ2v) is 9.54. The molecule has 7 atom stereocenters. The van der Waals surface area contributed by atoms with Crippen LogP contribution in [-0.4, -0.2) is 33.5 Å². The molecule has 0 spiro atoms. The SMILES string of the molecule is CC(=O)[C@H]1[C@H](O)C[C@H]2[C@@H]3CCC4=CC(=O)CC[C@]4(C)[C@@]3(O)CC[C@@]21C. The summed E-state index contributed by atoms with van der Waals surface area (Å²) in [4.78, 5) is 24.1. The molecule has 0 aromatic rings. The maximum absolute atomic E-state index is 12.2. The summed E-state index contributed by atoms with van der Waals surface area (Å²) >= 11 is 0. The van der Waals surface area contributed by atoms with Crippen molar-refractivity contribution in [2.45, 2.75) is 77.4 Å². The van der Waals surface area contributed by atoms with Gasteiger partial charge in [0.05, 0.1) is 11.7 Å². The lowest BCUT2D eigenvalue weighted by molar-refractivity contribution is -0.192. The smallest absolute Gasteiger partial charge is 0.155 e. The summed E-state index contributed by atoms with van der Waals surface area (Å²) in [5.74, 6) is 0.225. The van der Waals surface area contributed by atoms with Gasteiger partial charge in [0.1, 0.15) is 5.78 Å². The number of carbonyl (C=O) groups is 2. The van der Waals surface area contributed by atoms with Gasteiger partial charge < -0.3 is 10.2 Å². The first-order chi connectivity index (χ1) is 11.6. The van der Waals surface area contributed by atoms with E-state index in [0.29, 0.717) is 25.7 Å². The summed E-state index contributed by atoms with van der Waals surface area (Å²) in [6.45, 7) is 5.88. The Morgan fingerprint density at radius 3 is 2.56 bits per heavy atom. The van der Waals surface area contributed by atoms with Crippen molar-refractivity contribution in [3.8, 4) is 0 Å². The molecule has 4 heteroatoms. The Bertz CT molecular complexity index is 667. The number of aliphatic hydroxyl groups excluding tert-OH is 1. The molecule has 4 rings (SSSR count). The number of aliphatic hydroxyl groups is 2. The number of hydrogen-bond donors (Lipinski definition) is 2. The second-order valence-electron chi connectivity index (χ2n) is 9.54. The summed E-state index contributed by atoms with van der Waals surface area (Å²) in [5.41, 5.74) is -0.269. The number of hydrogen-bond acceptors (Lipinski definition) is 4. The fourth-order valence-corrected chi connectivity index (χ4v) is 7.25. The van der Waals surface area contributed by atoms with Crippen LogP contribution in [0.4, 0.5) is 0 Å². The predicted molar refractivity (Wildman–Crippen MR) is 93.7 cm³/mol. The molecule has 4 aliphatic carbocycles. The Morgan fingerprint density at radius 1 is 1.16 bits per heavy atom. The molecule has 0 unspecified atom stereocenters. The molecule has 25 heavy (non-hydrogen) atoms. The molecule has 3 saturated carbocycles. The zero-order valence-electron chi connectivity index (χ0n) is 15.5. The molecule has 0 aromatic carbocycles. The Morgan fingerprint density at radius 2 is 1.88 bits per heavy atom. The van der Waals surface area contributed by atoms with Crippen molar-refractivity contribution >= 4 is 11.6 Å². The topological polar surface area (TPSA) is 74.6 Å². The lowest BCUT2D eigenvalue weighted by Gasteiger charge is -2.62. The fourth-order valence-electron chi connectivity index (χ4n) is 7.25. The highest BCUT2D eigenvalue weighted by atomic mass is 16.3. The summed E-state index contributed by atoms with van der Waals surface area (Å²) < 4.78 is 0. The fraction of sp³-hybridized carbons (Fsp3) is 0.810. The minimum Gasteiger partial charge on any atom is -0.392 e. The number of ketones is 2. The molecular formula is C21H30O4. The van der Waals surface area contributed by atoms with Crippen LogP contribution >= 0.6 is 0 Å². The van der Waals surface area contributed by atoms with Gasteiger partial charge in [-0.05, 0) is 68.8 Å². The zero-order chi connectivity index (χ0) is 18.2. The molecule has 0 amide bonds. The highest BCUT2D eigenvalue weighted by Gasteiger charge is 2.67. The van der Waals surface area contributed by atoms with Gasteiger partial charge in [-0.15, -0.1) is 0 Å². The van der Waals surface area contributed by atoms with Crippen molar-refractivity contribution in [1.29, 1.82) is 0 Å². The average Bonchev–Trinajstić information content (AvgIpc) is 2.80. The molecule has 0 heterocycles. The molecule has 2 N–H and O–H groups in total. The van der Waals surface area contributed by atoms with Crippen molar-refractivity contribution in [1.82, 2.24) is 0 Å². The monoisotopic (exact) mass is 346 g/mol. The molecule has 3 fully saturated rings. The maximum Gasteiger partial charge on any atom is 0.155 e. The van der Waals surface area contributed by atoms with Crippen LogP contribution in [0.1, 0.15) is 65.7 Å². The van der Waals surface area contributed by atoms with E-state index in [-0.39, 0.29) is 40.2 Å². The molecule has 0 saturated heterocycles. The molecule has 0 aliphatic heterocycles. The van der Waals surface area contributed by atoms with E-state index in [1.165, 1.54) is 0 Å². The quantitative estimate of drug-likeness (QED) is 0.766. The van der Waals surface area contributed by atoms with Crippen LogP contribution in [0.15, 0.2) is 11.6 Å². The molecule has 0 radical (unpaired) electrons. The highest BCUT2D eigenvalue weighted by Crippen LogP contribution is 2.68. The lowest BCUT2D eigenvalue weighted by atomic mass is 9.44. The first-order valence-electron chi connectivity index (χ1n) is 9.78. The van der Waals surface area contributed by atoms with E-state index in [1.807, 2.05) is 0 Å². The standard InChI is InChI=1S/C21H30O4/c1-12(22)18-17(24)11-16-15-5-4-13-10-14(23)6-7-20(13,3)21(15,25)9-8-19(16,18)2/h10,15-18,24-25H,4-9,11H2,1-3H3/t15-,16-,17+,18-,19-,20-,21+/m0/s1. The van der Waals surface area contributed by atoms with E-state index in [2.05, 4.69) is 13.8 Å². The van der Waals surface area contributed by atoms with Crippen LogP contribution in [0.25, 0.3) is 0 Å². The van der Waals surface area contributed by atoms with E-state index in [0.717, 1.165) is 24.8 Å². The van der Waals surface area contributed by atoms with Crippen molar-refractivity contribution in [2.24, 2.45) is 28.6 Å². The maximum atomic E-state index is 12.2. The van der Waals surface area contributed by atoms with Crippen molar-refractivity contribution < 1.29 is 19.8 Å². The summed E-state index contributed by atoms with van der Waals surface area (Å²) in [6.07, 6.45) is 6.15. The number of carbonyl (C=O) groups excluding carboxylic acids is 2. The normalized spacial score (nSPS) is 52.0. The number of Topliss-reactive ketones (excluding diaryl/α,β-unsaturated/α-hetero) is 1. The van der Waals surface area contributed by atoms with Gasteiger partial charge in [-0.2, -0.15) is 0 Å². The average molecular weight is 346 g/mol. The number of fused-ring (bicyclic) bond motifs is 5. The van der Waals surface area contributed by atoms with Crippen molar-refractivity contribution in [3.05, 3.63) is 11.6 Å². The van der Waals surface area contributed by atoms with Crippen LogP contribution in [0.5, 0.6) is 0 Å². The third-order valence-corrected chi connectivity index (χ3v) is 8.62. The molecule has 4 nitrogen and oxygen atoms in total. The summed E-state index contributed by atoms with van der Waals surface area (Å²) in [7, 11) is 0. The van der Waals surface area contributed by atoms with E-state index in [9.17, 15) is 19.8 Å². The third kappa shape index (κ3) is 2.07. The molecule has 138 valence electrons. The lowest BCUT2D eigenvalue weighted by Crippen LogP contribution is -2.63. The van der Waals surface area contributed by atoms with E-state index in [4.69, 9.17) is 0 Å². The molecule has 0 bridgehead atoms. The predicted octanol–water partition coefficient (Wildman–Crippen LogP) is 2.81. The second kappa shape index (κ2) is 5.26. The molecule has 4 aliphatic rings. The molecule has 0 aromatic heterocycles. The minimum absolute atomic E-state index is 0.0776. The van der Waals surface area contributed by atoms with Gasteiger partial charge in [-0.1, -0.05) is 19.4 Å². The van der Waals surface area contributed by atoms with Gasteiger partial charge in [-0.25, -0.2) is 0 Å². The van der Waals surface area contributed by atoms with Gasteiger partial charge in [-0.3, -0.25) is 9.59 Å². The Hall–Kier alpha value is -1.00. The number of rotatable bonds is 1. The van der Waals surface area contributed by atoms with Crippen LogP contribution in [0.3, 0.4) is 0 Å². The summed E-state index contributed by atoms with van der Waals surface area (Å²) in [5, 5.41) is 22.5. The Kier molecular flexibility index (Phi) is 3.66. The van der Waals surface area contributed by atoms with Crippen molar-refractivity contribution in [3.63, 3.8) is 0 Å². The first kappa shape index (κ1) is 17.4. The highest BCUT2D eigenvalue weighted by molar-refractivity contribution is 5.91. The van der Waals surface area contributed by atoms with Crippen molar-refractivity contribution in [2.75, 3.05) is 0 Å². The van der Waals surface area contributed by atoms with E-state index < -0.39 is 11.7 Å². The van der Waals surface area contributed by atoms with Gasteiger partial charge in [0.2, 0.25) is 0 Å². The van der Waals surface area contributed by atoms with Crippen LogP contribution < -0.4 is 0 Å². The summed E-state index contributed by atoms with van der Waals surface area (Å²) in [6, 6.07) is 0. The van der Waals surface area contributed by atoms with E-state index >= 15 is 0 Å². The van der Waals surface area contributed by atoms with Gasteiger partial charge in [0.15, 0.2) is 5.78 Å². The van der Waals surface area contributed by atoms with Crippen LogP contribution in [0.2, 0.25) is 0 Å². The van der Waals surface area contributed by atoms with Gasteiger partial charge >= 0.3 is 0 Å². The largest absolute Gasteiger partial charge is 0.392 e. The Labute approximate surface area is 149 Å². The molecular weight excluding hydrogens is 316 g/mol. The van der Waals surface area contributed by atoms with Gasteiger partial charge in [0.25, 0.3) is 0 Å². The minimum atomic E-state index is -0.826. The van der Waals surface area contributed by atoms with Gasteiger partial charge in [0, 0.05) is 17.8 Å². The van der Waals surface area contributed by atoms with Crippen LogP contribution in [-0.2, 0) is 9.59 Å². The third-order valence-electron chi connectivity index (χ3n) is 8.62. The first-order valence-corrected chi connectivity index (χ1v) is 9.78. The van der Waals surface area contributed by atoms with Crippen LogP contribution in [0, 0.1) is 28.6 Å². The zero-order valence-corrected chi connectivity index (χ0v) is 15.5.